The van der Waals surface area contributed by atoms with Crippen LogP contribution in [0, 0.1) is 0 Å². The number of likely N-dealkylation sites (tertiary alicyclic amines) is 1. The van der Waals surface area contributed by atoms with Crippen LogP contribution in [-0.2, 0) is 12.8 Å². The van der Waals surface area contributed by atoms with Crippen LogP contribution in [0.25, 0.3) is 0 Å². The van der Waals surface area contributed by atoms with E-state index in [4.69, 9.17) is 4.52 Å². The van der Waals surface area contributed by atoms with Gasteiger partial charge in [0.1, 0.15) is 0 Å². The molecule has 1 amide bonds. The topological polar surface area (TPSA) is 59.2 Å². The third kappa shape index (κ3) is 3.36. The Morgan fingerprint density at radius 2 is 2.16 bits per heavy atom. The first-order valence-electron chi connectivity index (χ1n) is 9.36. The van der Waals surface area contributed by atoms with E-state index < -0.39 is 0 Å². The number of hydrogen-bond acceptors (Lipinski definition) is 5. The summed E-state index contributed by atoms with van der Waals surface area (Å²) in [7, 11) is 0. The number of aryl methyl sites for hydroxylation is 2. The molecule has 0 saturated carbocycles. The van der Waals surface area contributed by atoms with Gasteiger partial charge in [0.2, 0.25) is 5.89 Å². The van der Waals surface area contributed by atoms with E-state index >= 15 is 0 Å². The molecule has 0 spiro atoms. The fourth-order valence-corrected chi connectivity index (χ4v) is 4.98. The molecule has 5 nitrogen and oxygen atoms in total. The van der Waals surface area contributed by atoms with Crippen LogP contribution in [-0.4, -0.2) is 34.0 Å². The lowest BCUT2D eigenvalue weighted by molar-refractivity contribution is 0.0700. The van der Waals surface area contributed by atoms with E-state index in [1.54, 1.807) is 11.3 Å². The summed E-state index contributed by atoms with van der Waals surface area (Å²) >= 11 is 1.70. The molecule has 2 aromatic heterocycles. The average Bonchev–Trinajstić information content (AvgIpc) is 3.28. The summed E-state index contributed by atoms with van der Waals surface area (Å²) in [6.07, 6.45) is 6.75. The number of rotatable bonds is 3. The standard InChI is InChI=1S/C19H25N3O2S/c1-12(2)17-20-18(24-21-17)14-7-5-9-22(11-14)19(23)16-10-13-6-3-4-8-15(13)25-16/h10,12,14H,3-9,11H2,1-2H3/t14-/m1/s1. The molecular formula is C19H25N3O2S. The molecule has 0 aromatic carbocycles. The highest BCUT2D eigenvalue weighted by Gasteiger charge is 2.30. The maximum Gasteiger partial charge on any atom is 0.263 e. The molecule has 0 unspecified atom stereocenters. The zero-order valence-corrected chi connectivity index (χ0v) is 15.8. The van der Waals surface area contributed by atoms with Gasteiger partial charge in [0, 0.05) is 23.9 Å². The van der Waals surface area contributed by atoms with Crippen LogP contribution in [0.4, 0.5) is 0 Å². The molecule has 1 aliphatic heterocycles. The Labute approximate surface area is 152 Å². The second-order valence-electron chi connectivity index (χ2n) is 7.50. The summed E-state index contributed by atoms with van der Waals surface area (Å²) < 4.78 is 5.47. The van der Waals surface area contributed by atoms with Gasteiger partial charge in [-0.2, -0.15) is 4.98 Å². The SMILES string of the molecule is CC(C)c1noc([C@@H]2CCCN(C(=O)c3cc4c(s3)CCCC4)C2)n1. The van der Waals surface area contributed by atoms with E-state index in [1.807, 2.05) is 4.90 Å². The highest BCUT2D eigenvalue weighted by molar-refractivity contribution is 7.14. The molecule has 0 N–H and O–H groups in total. The van der Waals surface area contributed by atoms with Crippen LogP contribution < -0.4 is 0 Å². The zero-order valence-electron chi connectivity index (χ0n) is 15.0. The van der Waals surface area contributed by atoms with Gasteiger partial charge < -0.3 is 9.42 Å². The van der Waals surface area contributed by atoms with E-state index in [0.717, 1.165) is 42.9 Å². The Balaban J connectivity index is 1.48. The molecule has 2 aliphatic rings. The number of piperidine rings is 1. The molecule has 134 valence electrons. The first-order valence-corrected chi connectivity index (χ1v) is 10.2. The molecule has 3 heterocycles. The first-order chi connectivity index (χ1) is 12.1. The summed E-state index contributed by atoms with van der Waals surface area (Å²) in [5, 5.41) is 4.08. The predicted molar refractivity (Wildman–Crippen MR) is 97.2 cm³/mol. The summed E-state index contributed by atoms with van der Waals surface area (Å²) in [5.41, 5.74) is 1.40. The highest BCUT2D eigenvalue weighted by Crippen LogP contribution is 2.32. The zero-order chi connectivity index (χ0) is 17.4. The van der Waals surface area contributed by atoms with E-state index in [2.05, 4.69) is 30.1 Å². The van der Waals surface area contributed by atoms with Crippen molar-refractivity contribution in [2.24, 2.45) is 0 Å². The Morgan fingerprint density at radius 1 is 1.32 bits per heavy atom. The molecule has 1 saturated heterocycles. The normalized spacial score (nSPS) is 20.8. The molecular weight excluding hydrogens is 334 g/mol. The minimum atomic E-state index is 0.160. The third-order valence-corrected chi connectivity index (χ3v) is 6.46. The maximum absolute atomic E-state index is 13.0. The second-order valence-corrected chi connectivity index (χ2v) is 8.64. The first kappa shape index (κ1) is 16.8. The molecule has 1 atom stereocenters. The van der Waals surface area contributed by atoms with Gasteiger partial charge in [0.15, 0.2) is 5.82 Å². The van der Waals surface area contributed by atoms with Crippen molar-refractivity contribution >= 4 is 17.2 Å². The number of amides is 1. The Morgan fingerprint density at radius 3 is 2.92 bits per heavy atom. The molecule has 25 heavy (non-hydrogen) atoms. The average molecular weight is 359 g/mol. The monoisotopic (exact) mass is 359 g/mol. The van der Waals surface area contributed by atoms with Crippen molar-refractivity contribution in [2.75, 3.05) is 13.1 Å². The second kappa shape index (κ2) is 6.90. The van der Waals surface area contributed by atoms with Gasteiger partial charge in [0.25, 0.3) is 5.91 Å². The lowest BCUT2D eigenvalue weighted by Gasteiger charge is -2.30. The molecule has 4 rings (SSSR count). The van der Waals surface area contributed by atoms with Gasteiger partial charge >= 0.3 is 0 Å². The number of carbonyl (C=O) groups is 1. The van der Waals surface area contributed by atoms with Crippen LogP contribution in [0.2, 0.25) is 0 Å². The van der Waals surface area contributed by atoms with Crippen molar-refractivity contribution in [3.63, 3.8) is 0 Å². The maximum atomic E-state index is 13.0. The van der Waals surface area contributed by atoms with Crippen LogP contribution >= 0.6 is 11.3 Å². The van der Waals surface area contributed by atoms with Crippen molar-refractivity contribution in [3.05, 3.63) is 33.1 Å². The van der Waals surface area contributed by atoms with Gasteiger partial charge in [0.05, 0.1) is 10.8 Å². The van der Waals surface area contributed by atoms with Gasteiger partial charge in [-0.05, 0) is 50.2 Å². The van der Waals surface area contributed by atoms with Crippen LogP contribution in [0.3, 0.4) is 0 Å². The fourth-order valence-electron chi connectivity index (χ4n) is 3.76. The van der Waals surface area contributed by atoms with Gasteiger partial charge in [-0.15, -0.1) is 11.3 Å². The Bertz CT molecular complexity index is 741. The highest BCUT2D eigenvalue weighted by atomic mass is 32.1. The molecule has 0 radical (unpaired) electrons. The summed E-state index contributed by atoms with van der Waals surface area (Å²) in [5.74, 6) is 2.03. The van der Waals surface area contributed by atoms with Crippen molar-refractivity contribution in [1.29, 1.82) is 0 Å². The largest absolute Gasteiger partial charge is 0.339 e. The molecule has 0 bridgehead atoms. The number of hydrogen-bond donors (Lipinski definition) is 0. The van der Waals surface area contributed by atoms with Crippen molar-refractivity contribution in [1.82, 2.24) is 15.0 Å². The van der Waals surface area contributed by atoms with Crippen molar-refractivity contribution < 1.29 is 9.32 Å². The molecule has 2 aromatic rings. The Kier molecular flexibility index (Phi) is 4.63. The van der Waals surface area contributed by atoms with Gasteiger partial charge in [-0.3, -0.25) is 4.79 Å². The summed E-state index contributed by atoms with van der Waals surface area (Å²) in [6.45, 7) is 5.62. The number of thiophene rings is 1. The molecule has 6 heteroatoms. The number of carbonyl (C=O) groups excluding carboxylic acids is 1. The minimum Gasteiger partial charge on any atom is -0.339 e. The van der Waals surface area contributed by atoms with Gasteiger partial charge in [-0.1, -0.05) is 19.0 Å². The van der Waals surface area contributed by atoms with Crippen LogP contribution in [0.1, 0.15) is 83.2 Å². The summed E-state index contributed by atoms with van der Waals surface area (Å²) in [6, 6.07) is 2.13. The minimum absolute atomic E-state index is 0.160. The predicted octanol–water partition coefficient (Wildman–Crippen LogP) is 4.15. The number of fused-ring (bicyclic) bond motifs is 1. The van der Waals surface area contributed by atoms with E-state index in [1.165, 1.54) is 23.3 Å². The Hall–Kier alpha value is -1.69. The van der Waals surface area contributed by atoms with Crippen molar-refractivity contribution in [3.8, 4) is 0 Å². The lowest BCUT2D eigenvalue weighted by atomic mass is 9.97. The summed E-state index contributed by atoms with van der Waals surface area (Å²) in [4.78, 5) is 21.8. The molecule has 1 fully saturated rings. The van der Waals surface area contributed by atoms with E-state index in [9.17, 15) is 4.79 Å². The lowest BCUT2D eigenvalue weighted by Crippen LogP contribution is -2.38. The van der Waals surface area contributed by atoms with Crippen LogP contribution in [0.5, 0.6) is 0 Å². The smallest absolute Gasteiger partial charge is 0.263 e. The van der Waals surface area contributed by atoms with Gasteiger partial charge in [-0.25, -0.2) is 0 Å². The van der Waals surface area contributed by atoms with Crippen molar-refractivity contribution in [2.45, 2.75) is 64.2 Å². The number of aromatic nitrogens is 2. The molecule has 1 aliphatic carbocycles. The van der Waals surface area contributed by atoms with Crippen LogP contribution in [0.15, 0.2) is 10.6 Å². The number of nitrogens with zero attached hydrogens (tertiary/aromatic N) is 3. The van der Waals surface area contributed by atoms with E-state index in [0.29, 0.717) is 12.4 Å². The fraction of sp³-hybridized carbons (Fsp3) is 0.632. The quantitative estimate of drug-likeness (QED) is 0.826. The third-order valence-electron chi connectivity index (χ3n) is 5.24. The van der Waals surface area contributed by atoms with E-state index in [-0.39, 0.29) is 17.7 Å².